The Kier molecular flexibility index (Phi) is 6.83. The van der Waals surface area contributed by atoms with Crippen molar-refractivity contribution in [1.82, 2.24) is 5.32 Å². The van der Waals surface area contributed by atoms with Crippen LogP contribution < -0.4 is 10.2 Å². The number of carbonyl (C=O) groups excluding carboxylic acids is 2. The van der Waals surface area contributed by atoms with E-state index < -0.39 is 17.6 Å². The molecule has 1 aliphatic heterocycles. The van der Waals surface area contributed by atoms with Crippen LogP contribution in [-0.4, -0.2) is 24.9 Å². The normalized spacial score (nSPS) is 12.6. The van der Waals surface area contributed by atoms with Gasteiger partial charge in [-0.1, -0.05) is 13.0 Å². The fourth-order valence-electron chi connectivity index (χ4n) is 2.17. The first-order chi connectivity index (χ1) is 11.2. The Morgan fingerprint density at radius 3 is 2.46 bits per heavy atom. The Balaban J connectivity index is 0.000000351. The molecule has 4 nitrogen and oxygen atoms in total. The van der Waals surface area contributed by atoms with Crippen LogP contribution in [0.4, 0.5) is 18.9 Å². The maximum atomic E-state index is 12.5. The predicted molar refractivity (Wildman–Crippen MR) is 85.3 cm³/mol. The molecule has 1 aromatic carbocycles. The number of benzene rings is 1. The lowest BCUT2D eigenvalue weighted by Crippen LogP contribution is -2.27. The number of carbonyl (C=O) groups is 2. The maximum absolute atomic E-state index is 12.5. The van der Waals surface area contributed by atoms with E-state index in [4.69, 9.17) is 6.42 Å². The average molecular weight is 340 g/mol. The first-order valence-corrected chi connectivity index (χ1v) is 7.49. The van der Waals surface area contributed by atoms with Gasteiger partial charge in [0.05, 0.1) is 5.56 Å². The van der Waals surface area contributed by atoms with Gasteiger partial charge in [0.1, 0.15) is 0 Å². The Morgan fingerprint density at radius 1 is 1.33 bits per heavy atom. The number of alkyl halides is 3. The molecular weight excluding hydrogens is 321 g/mol. The Hall–Kier alpha value is -2.49. The van der Waals surface area contributed by atoms with Gasteiger partial charge in [-0.2, -0.15) is 13.2 Å². The fraction of sp³-hybridized carbons (Fsp3) is 0.412. The minimum atomic E-state index is -4.41. The highest BCUT2D eigenvalue weighted by Crippen LogP contribution is 2.36. The van der Waals surface area contributed by atoms with Crippen LogP contribution >= 0.6 is 0 Å². The van der Waals surface area contributed by atoms with E-state index in [1.165, 1.54) is 11.0 Å². The summed E-state index contributed by atoms with van der Waals surface area (Å²) in [6, 6.07) is 3.38. The minimum Gasteiger partial charge on any atom is -0.356 e. The zero-order valence-corrected chi connectivity index (χ0v) is 13.5. The predicted octanol–water partition coefficient (Wildman–Crippen LogP) is 2.76. The molecule has 2 rings (SSSR count). The highest BCUT2D eigenvalue weighted by atomic mass is 19.4. The van der Waals surface area contributed by atoms with Gasteiger partial charge in [0.15, 0.2) is 0 Å². The maximum Gasteiger partial charge on any atom is 0.416 e. The average Bonchev–Trinajstić information content (AvgIpc) is 2.97. The molecule has 0 spiro atoms. The topological polar surface area (TPSA) is 49.4 Å². The van der Waals surface area contributed by atoms with E-state index in [2.05, 4.69) is 5.32 Å². The van der Waals surface area contributed by atoms with Crippen LogP contribution in [0.1, 0.15) is 31.4 Å². The molecule has 1 aromatic rings. The van der Waals surface area contributed by atoms with Crippen molar-refractivity contribution in [3.63, 3.8) is 0 Å². The molecule has 1 heterocycles. The van der Waals surface area contributed by atoms with E-state index in [1.807, 2.05) is 19.8 Å². The lowest BCUT2D eigenvalue weighted by molar-refractivity contribution is -0.137. The Labute approximate surface area is 139 Å². The highest BCUT2D eigenvalue weighted by Gasteiger charge is 2.33. The fourth-order valence-corrected chi connectivity index (χ4v) is 2.17. The van der Waals surface area contributed by atoms with Gasteiger partial charge in [-0.3, -0.25) is 9.59 Å². The molecule has 2 amide bonds. The number of amides is 2. The van der Waals surface area contributed by atoms with E-state index >= 15 is 0 Å². The summed E-state index contributed by atoms with van der Waals surface area (Å²) in [4.78, 5) is 22.8. The van der Waals surface area contributed by atoms with Crippen molar-refractivity contribution >= 4 is 17.5 Å². The van der Waals surface area contributed by atoms with Crippen molar-refractivity contribution in [1.29, 1.82) is 0 Å². The lowest BCUT2D eigenvalue weighted by atomic mass is 10.1. The molecule has 0 saturated carbocycles. The monoisotopic (exact) mass is 340 g/mol. The molecule has 24 heavy (non-hydrogen) atoms. The van der Waals surface area contributed by atoms with E-state index in [0.29, 0.717) is 24.9 Å². The zero-order chi connectivity index (χ0) is 18.3. The van der Waals surface area contributed by atoms with Gasteiger partial charge in [-0.15, -0.1) is 6.42 Å². The number of hydrogen-bond donors (Lipinski definition) is 1. The third-order valence-electron chi connectivity index (χ3n) is 3.37. The first-order valence-electron chi connectivity index (χ1n) is 7.49. The summed E-state index contributed by atoms with van der Waals surface area (Å²) in [7, 11) is 0. The van der Waals surface area contributed by atoms with Crippen molar-refractivity contribution in [2.45, 2.75) is 32.9 Å². The molecular formula is C17H19F3N2O2. The van der Waals surface area contributed by atoms with E-state index in [0.717, 1.165) is 18.7 Å². The lowest BCUT2D eigenvalue weighted by Gasteiger charge is -2.15. The first kappa shape index (κ1) is 19.6. The molecule has 130 valence electrons. The van der Waals surface area contributed by atoms with E-state index in [-0.39, 0.29) is 11.6 Å². The number of rotatable bonds is 2. The highest BCUT2D eigenvalue weighted by molar-refractivity contribution is 6.06. The summed E-state index contributed by atoms with van der Waals surface area (Å²) >= 11 is 0. The summed E-state index contributed by atoms with van der Waals surface area (Å²) in [6.45, 7) is 4.82. The second kappa shape index (κ2) is 8.39. The van der Waals surface area contributed by atoms with Gasteiger partial charge in [0.2, 0.25) is 5.91 Å². The summed E-state index contributed by atoms with van der Waals surface area (Å²) in [6.07, 6.45) is 1.67. The van der Waals surface area contributed by atoms with Crippen LogP contribution in [-0.2, 0) is 22.2 Å². The number of nitrogens with zero attached hydrogens (tertiary/aromatic N) is 1. The van der Waals surface area contributed by atoms with Crippen molar-refractivity contribution in [3.05, 3.63) is 29.3 Å². The molecule has 0 atom stereocenters. The molecule has 1 aliphatic rings. The van der Waals surface area contributed by atoms with Gasteiger partial charge >= 0.3 is 12.1 Å². The molecule has 0 bridgehead atoms. The van der Waals surface area contributed by atoms with Crippen molar-refractivity contribution < 1.29 is 22.8 Å². The van der Waals surface area contributed by atoms with E-state index in [1.54, 1.807) is 0 Å². The van der Waals surface area contributed by atoms with Crippen LogP contribution in [0, 0.1) is 12.3 Å². The van der Waals surface area contributed by atoms with Crippen LogP contribution in [0.25, 0.3) is 0 Å². The number of halogens is 3. The van der Waals surface area contributed by atoms with Crippen molar-refractivity contribution in [2.24, 2.45) is 0 Å². The van der Waals surface area contributed by atoms with Gasteiger partial charge in [0.25, 0.3) is 0 Å². The molecule has 1 N–H and O–H groups in total. The van der Waals surface area contributed by atoms with Crippen LogP contribution in [0.2, 0.25) is 0 Å². The number of fused-ring (bicyclic) bond motifs is 1. The van der Waals surface area contributed by atoms with Crippen LogP contribution in [0.5, 0.6) is 0 Å². The van der Waals surface area contributed by atoms with E-state index in [9.17, 15) is 22.8 Å². The van der Waals surface area contributed by atoms with Gasteiger partial charge < -0.3 is 10.2 Å². The number of terminal acetylenes is 1. The van der Waals surface area contributed by atoms with Crippen molar-refractivity contribution in [3.8, 4) is 12.3 Å². The number of anilines is 1. The quantitative estimate of drug-likeness (QED) is 0.842. The number of nitrogens with one attached hydrogen (secondary N) is 1. The van der Waals surface area contributed by atoms with Crippen molar-refractivity contribution in [2.75, 3.05) is 18.0 Å². The Morgan fingerprint density at radius 2 is 2.00 bits per heavy atom. The molecule has 0 unspecified atom stereocenters. The van der Waals surface area contributed by atoms with Gasteiger partial charge in [0, 0.05) is 25.2 Å². The second-order valence-corrected chi connectivity index (χ2v) is 5.00. The summed E-state index contributed by atoms with van der Waals surface area (Å²) in [5.74, 6) is 1.43. The number of hydrogen-bond acceptors (Lipinski definition) is 2. The summed E-state index contributed by atoms with van der Waals surface area (Å²) in [5, 5.41) is 2.66. The molecule has 0 fully saturated rings. The minimum absolute atomic E-state index is 0.127. The Bertz CT molecular complexity index is 648. The molecule has 0 radical (unpaired) electrons. The van der Waals surface area contributed by atoms with Crippen LogP contribution in [0.15, 0.2) is 18.2 Å². The molecule has 0 aliphatic carbocycles. The summed E-state index contributed by atoms with van der Waals surface area (Å²) in [5.41, 5.74) is 0.206. The third kappa shape index (κ3) is 5.01. The molecule has 0 aromatic heterocycles. The van der Waals surface area contributed by atoms with Crippen LogP contribution in [0.3, 0.4) is 0 Å². The summed E-state index contributed by atoms with van der Waals surface area (Å²) < 4.78 is 37.6. The SMILES string of the molecule is C#CC(=O)N1CCc2ccc(C(F)(F)F)cc21.CCNC(=O)CC. The zero-order valence-electron chi connectivity index (χ0n) is 13.5. The largest absolute Gasteiger partial charge is 0.416 e. The molecule has 7 heteroatoms. The standard InChI is InChI=1S/C12H8F3NO.C5H11NO/c1-2-11(17)16-6-5-8-3-4-9(7-10(8)16)12(13,14)15;1-3-5(7)6-4-2/h1,3-4,7H,5-6H2;3-4H2,1-2H3,(H,6,7). The third-order valence-corrected chi connectivity index (χ3v) is 3.37. The van der Waals surface area contributed by atoms with Gasteiger partial charge in [-0.25, -0.2) is 0 Å². The van der Waals surface area contributed by atoms with Gasteiger partial charge in [-0.05, 0) is 37.0 Å². The smallest absolute Gasteiger partial charge is 0.356 e. The molecule has 0 saturated heterocycles. The second-order valence-electron chi connectivity index (χ2n) is 5.00.